The molecule has 2 aromatic rings. The summed E-state index contributed by atoms with van der Waals surface area (Å²) >= 11 is 1.59. The van der Waals surface area contributed by atoms with Crippen molar-refractivity contribution in [1.29, 1.82) is 0 Å². The monoisotopic (exact) mass is 322 g/mol. The predicted molar refractivity (Wildman–Crippen MR) is 83.6 cm³/mol. The molecular weight excluding hydrogens is 304 g/mol. The number of carbonyl (C=O) groups is 2. The maximum Gasteiger partial charge on any atom is 0.314 e. The molecule has 118 valence electrons. The Morgan fingerprint density at radius 2 is 2.18 bits per heavy atom. The van der Waals surface area contributed by atoms with Gasteiger partial charge in [-0.15, -0.1) is 0 Å². The Morgan fingerprint density at radius 3 is 2.73 bits per heavy atom. The van der Waals surface area contributed by atoms with E-state index >= 15 is 0 Å². The van der Waals surface area contributed by atoms with E-state index in [0.717, 1.165) is 5.56 Å². The lowest BCUT2D eigenvalue weighted by Crippen LogP contribution is -2.40. The number of nitrogens with one attached hydrogen (secondary N) is 2. The zero-order valence-electron chi connectivity index (χ0n) is 12.6. The van der Waals surface area contributed by atoms with E-state index in [4.69, 9.17) is 4.52 Å². The maximum atomic E-state index is 11.9. The van der Waals surface area contributed by atoms with Crippen LogP contribution in [0.15, 0.2) is 27.4 Å². The fourth-order valence-corrected chi connectivity index (χ4v) is 2.64. The highest BCUT2D eigenvalue weighted by Crippen LogP contribution is 2.19. The van der Waals surface area contributed by atoms with Crippen LogP contribution in [-0.4, -0.2) is 42.5 Å². The molecule has 2 amide bonds. The number of carbonyl (C=O) groups excluding carboxylic acids is 2. The molecule has 2 rings (SSSR count). The van der Waals surface area contributed by atoms with Crippen LogP contribution in [0.5, 0.6) is 0 Å². The van der Waals surface area contributed by atoms with E-state index in [1.165, 1.54) is 0 Å². The van der Waals surface area contributed by atoms with E-state index < -0.39 is 11.8 Å². The summed E-state index contributed by atoms with van der Waals surface area (Å²) in [6.45, 7) is 2.04. The number of amides is 2. The summed E-state index contributed by atoms with van der Waals surface area (Å²) < 4.78 is 4.82. The smallest absolute Gasteiger partial charge is 0.314 e. The number of hydrogen-bond donors (Lipinski definition) is 2. The molecule has 0 spiro atoms. The molecule has 0 aliphatic carbocycles. The molecule has 22 heavy (non-hydrogen) atoms. The fourth-order valence-electron chi connectivity index (χ4n) is 1.93. The summed E-state index contributed by atoms with van der Waals surface area (Å²) in [6, 6.07) is 3.55. The molecule has 0 saturated heterocycles. The SMILES string of the molecule is Cc1cc(NC(=O)C(=O)NC[C@H](c2ccsc2)N(C)C)no1. The number of aromatic nitrogens is 1. The van der Waals surface area contributed by atoms with Crippen LogP contribution in [0, 0.1) is 6.92 Å². The molecule has 2 N–H and O–H groups in total. The van der Waals surface area contributed by atoms with E-state index in [1.807, 2.05) is 35.8 Å². The maximum absolute atomic E-state index is 11.9. The average Bonchev–Trinajstić information content (AvgIpc) is 3.10. The van der Waals surface area contributed by atoms with Crippen molar-refractivity contribution in [3.63, 3.8) is 0 Å². The van der Waals surface area contributed by atoms with Gasteiger partial charge >= 0.3 is 11.8 Å². The minimum atomic E-state index is -0.767. The summed E-state index contributed by atoms with van der Waals surface area (Å²) in [5.41, 5.74) is 1.10. The first-order valence-corrected chi connectivity index (χ1v) is 7.62. The van der Waals surface area contributed by atoms with Gasteiger partial charge in [-0.3, -0.25) is 14.9 Å². The first kappa shape index (κ1) is 16.2. The number of anilines is 1. The molecular formula is C14H18N4O3S. The van der Waals surface area contributed by atoms with Crippen molar-refractivity contribution in [2.75, 3.05) is 26.0 Å². The van der Waals surface area contributed by atoms with Crippen molar-refractivity contribution in [3.8, 4) is 0 Å². The van der Waals surface area contributed by atoms with Gasteiger partial charge in [-0.2, -0.15) is 11.3 Å². The third-order valence-corrected chi connectivity index (χ3v) is 3.78. The lowest BCUT2D eigenvalue weighted by molar-refractivity contribution is -0.136. The molecule has 7 nitrogen and oxygen atoms in total. The minimum Gasteiger partial charge on any atom is -0.360 e. The Hall–Kier alpha value is -2.19. The number of hydrogen-bond acceptors (Lipinski definition) is 6. The quantitative estimate of drug-likeness (QED) is 0.813. The molecule has 0 bridgehead atoms. The van der Waals surface area contributed by atoms with Gasteiger partial charge in [0.2, 0.25) is 0 Å². The largest absolute Gasteiger partial charge is 0.360 e. The molecule has 2 aromatic heterocycles. The highest BCUT2D eigenvalue weighted by Gasteiger charge is 2.19. The van der Waals surface area contributed by atoms with Crippen molar-refractivity contribution in [2.24, 2.45) is 0 Å². The van der Waals surface area contributed by atoms with Crippen LogP contribution < -0.4 is 10.6 Å². The molecule has 2 heterocycles. The van der Waals surface area contributed by atoms with Crippen LogP contribution in [0.3, 0.4) is 0 Å². The lowest BCUT2D eigenvalue weighted by Gasteiger charge is -2.23. The molecule has 8 heteroatoms. The molecule has 1 atom stereocenters. The van der Waals surface area contributed by atoms with Gasteiger partial charge < -0.3 is 14.7 Å². The van der Waals surface area contributed by atoms with Crippen LogP contribution in [0.1, 0.15) is 17.4 Å². The first-order chi connectivity index (χ1) is 10.5. The van der Waals surface area contributed by atoms with E-state index in [1.54, 1.807) is 24.3 Å². The zero-order chi connectivity index (χ0) is 16.1. The topological polar surface area (TPSA) is 87.5 Å². The summed E-state index contributed by atoms with van der Waals surface area (Å²) in [5.74, 6) is -0.695. The first-order valence-electron chi connectivity index (χ1n) is 6.68. The number of likely N-dealkylation sites (N-methyl/N-ethyl adjacent to an activating group) is 1. The van der Waals surface area contributed by atoms with Crippen LogP contribution in [-0.2, 0) is 9.59 Å². The molecule has 0 aromatic carbocycles. The van der Waals surface area contributed by atoms with Crippen molar-refractivity contribution < 1.29 is 14.1 Å². The third-order valence-electron chi connectivity index (χ3n) is 3.08. The van der Waals surface area contributed by atoms with Gasteiger partial charge in [0.15, 0.2) is 5.82 Å². The second kappa shape index (κ2) is 7.19. The zero-order valence-corrected chi connectivity index (χ0v) is 13.4. The Balaban J connectivity index is 1.89. The van der Waals surface area contributed by atoms with Gasteiger partial charge in [0.05, 0.1) is 6.04 Å². The van der Waals surface area contributed by atoms with Crippen LogP contribution in [0.4, 0.5) is 5.82 Å². The standard InChI is InChI=1S/C14H18N4O3S/c1-9-6-12(17-21-9)16-14(20)13(19)15-7-11(18(2)3)10-4-5-22-8-10/h4-6,8,11H,7H2,1-3H3,(H,15,19)(H,16,17,20)/t11-/m1/s1. The summed E-state index contributed by atoms with van der Waals surface area (Å²) in [6.07, 6.45) is 0. The summed E-state index contributed by atoms with van der Waals surface area (Å²) in [7, 11) is 3.85. The molecule has 0 aliphatic heterocycles. The lowest BCUT2D eigenvalue weighted by atomic mass is 10.1. The highest BCUT2D eigenvalue weighted by atomic mass is 32.1. The van der Waals surface area contributed by atoms with Gasteiger partial charge in [-0.25, -0.2) is 0 Å². The average molecular weight is 322 g/mol. The molecule has 0 unspecified atom stereocenters. The van der Waals surface area contributed by atoms with Crippen LogP contribution >= 0.6 is 11.3 Å². The van der Waals surface area contributed by atoms with Crippen molar-refractivity contribution in [3.05, 3.63) is 34.2 Å². The minimum absolute atomic E-state index is 0.0114. The normalized spacial score (nSPS) is 12.2. The Labute approximate surface area is 132 Å². The molecule has 0 aliphatic rings. The van der Waals surface area contributed by atoms with Gasteiger partial charge in [0.25, 0.3) is 0 Å². The number of aryl methyl sites for hydroxylation is 1. The van der Waals surface area contributed by atoms with Crippen molar-refractivity contribution in [1.82, 2.24) is 15.4 Å². The Morgan fingerprint density at radius 1 is 1.41 bits per heavy atom. The van der Waals surface area contributed by atoms with E-state index in [-0.39, 0.29) is 11.9 Å². The number of rotatable bonds is 5. The fraction of sp³-hybridized carbons (Fsp3) is 0.357. The molecule has 0 radical (unpaired) electrons. The molecule has 0 fully saturated rings. The second-order valence-electron chi connectivity index (χ2n) is 5.02. The van der Waals surface area contributed by atoms with E-state index in [0.29, 0.717) is 12.3 Å². The Kier molecular flexibility index (Phi) is 5.29. The molecule has 0 saturated carbocycles. The van der Waals surface area contributed by atoms with Crippen molar-refractivity contribution >= 4 is 29.0 Å². The van der Waals surface area contributed by atoms with Gasteiger partial charge in [-0.1, -0.05) is 5.16 Å². The summed E-state index contributed by atoms with van der Waals surface area (Å²) in [4.78, 5) is 25.6. The Bertz CT molecular complexity index is 636. The van der Waals surface area contributed by atoms with Crippen LogP contribution in [0.25, 0.3) is 0 Å². The van der Waals surface area contributed by atoms with Crippen LogP contribution in [0.2, 0.25) is 0 Å². The second-order valence-corrected chi connectivity index (χ2v) is 5.80. The van der Waals surface area contributed by atoms with E-state index in [9.17, 15) is 9.59 Å². The number of thiophene rings is 1. The van der Waals surface area contributed by atoms with Gasteiger partial charge in [0.1, 0.15) is 5.76 Å². The predicted octanol–water partition coefficient (Wildman–Crippen LogP) is 1.40. The third kappa shape index (κ3) is 4.15. The van der Waals surface area contributed by atoms with Crippen molar-refractivity contribution in [2.45, 2.75) is 13.0 Å². The number of nitrogens with zero attached hydrogens (tertiary/aromatic N) is 2. The highest BCUT2D eigenvalue weighted by molar-refractivity contribution is 7.07. The van der Waals surface area contributed by atoms with Gasteiger partial charge in [-0.05, 0) is 43.4 Å². The van der Waals surface area contributed by atoms with E-state index in [2.05, 4.69) is 15.8 Å². The van der Waals surface area contributed by atoms with Gasteiger partial charge in [0, 0.05) is 12.6 Å². The summed E-state index contributed by atoms with van der Waals surface area (Å²) in [5, 5.41) is 12.6.